The van der Waals surface area contributed by atoms with Crippen LogP contribution in [-0.4, -0.2) is 35.6 Å². The lowest BCUT2D eigenvalue weighted by molar-refractivity contribution is 0.0940. The van der Waals surface area contributed by atoms with Gasteiger partial charge < -0.3 is 15.0 Å². The molecular weight excluding hydrogens is 310 g/mol. The van der Waals surface area contributed by atoms with Crippen LogP contribution in [0.5, 0.6) is 0 Å². The van der Waals surface area contributed by atoms with Gasteiger partial charge in [0, 0.05) is 36.0 Å². The van der Waals surface area contributed by atoms with Crippen molar-refractivity contribution in [2.75, 3.05) is 19.8 Å². The van der Waals surface area contributed by atoms with E-state index in [1.54, 1.807) is 5.38 Å². The second kappa shape index (κ2) is 7.39. The van der Waals surface area contributed by atoms with Crippen molar-refractivity contribution in [3.05, 3.63) is 41.4 Å². The monoisotopic (exact) mass is 329 g/mol. The highest BCUT2D eigenvalue weighted by atomic mass is 32.1. The summed E-state index contributed by atoms with van der Waals surface area (Å²) in [6, 6.07) is 10.1. The molecule has 0 aliphatic carbocycles. The van der Waals surface area contributed by atoms with Crippen molar-refractivity contribution < 1.29 is 9.53 Å². The minimum absolute atomic E-state index is 0.139. The van der Waals surface area contributed by atoms with E-state index < -0.39 is 0 Å². The largest absolute Gasteiger partial charge is 0.382 e. The molecular formula is C17H19N3O2S. The van der Waals surface area contributed by atoms with Crippen molar-refractivity contribution in [3.63, 3.8) is 0 Å². The van der Waals surface area contributed by atoms with Crippen molar-refractivity contribution in [1.82, 2.24) is 15.3 Å². The summed E-state index contributed by atoms with van der Waals surface area (Å²) < 4.78 is 5.24. The maximum atomic E-state index is 12.1. The van der Waals surface area contributed by atoms with Crippen molar-refractivity contribution in [2.24, 2.45) is 0 Å². The topological polar surface area (TPSA) is 67.0 Å². The third kappa shape index (κ3) is 3.78. The third-order valence-electron chi connectivity index (χ3n) is 3.45. The van der Waals surface area contributed by atoms with E-state index >= 15 is 0 Å². The van der Waals surface area contributed by atoms with Crippen LogP contribution in [0, 0.1) is 0 Å². The molecule has 0 aliphatic heterocycles. The van der Waals surface area contributed by atoms with E-state index in [9.17, 15) is 4.79 Å². The number of aromatic nitrogens is 2. The number of H-pyrrole nitrogens is 1. The molecule has 0 saturated heterocycles. The predicted molar refractivity (Wildman–Crippen MR) is 92.8 cm³/mol. The van der Waals surface area contributed by atoms with Crippen molar-refractivity contribution >= 4 is 28.1 Å². The second-order valence-corrected chi connectivity index (χ2v) is 5.97. The molecule has 120 valence electrons. The third-order valence-corrected chi connectivity index (χ3v) is 4.33. The number of thiazole rings is 1. The number of aromatic amines is 1. The molecule has 0 aliphatic rings. The first-order chi connectivity index (χ1) is 11.3. The summed E-state index contributed by atoms with van der Waals surface area (Å²) >= 11 is 1.47. The Balaban J connectivity index is 1.64. The molecule has 0 atom stereocenters. The van der Waals surface area contributed by atoms with Gasteiger partial charge in [-0.3, -0.25) is 4.79 Å². The Bertz CT molecular complexity index is 761. The number of amides is 1. The fraction of sp³-hybridized carbons (Fsp3) is 0.294. The zero-order valence-corrected chi connectivity index (χ0v) is 13.8. The fourth-order valence-corrected chi connectivity index (χ4v) is 3.07. The Hall–Kier alpha value is -2.18. The number of nitrogens with one attached hydrogen (secondary N) is 2. The number of fused-ring (bicyclic) bond motifs is 1. The molecule has 0 spiro atoms. The van der Waals surface area contributed by atoms with Gasteiger partial charge in [-0.2, -0.15) is 0 Å². The average molecular weight is 329 g/mol. The van der Waals surface area contributed by atoms with Crippen LogP contribution in [-0.2, 0) is 4.74 Å². The molecule has 6 heteroatoms. The Morgan fingerprint density at radius 1 is 1.39 bits per heavy atom. The van der Waals surface area contributed by atoms with Gasteiger partial charge in [0.15, 0.2) is 0 Å². The van der Waals surface area contributed by atoms with Crippen LogP contribution in [0.25, 0.3) is 21.6 Å². The number of ether oxygens (including phenoxy) is 1. The summed E-state index contributed by atoms with van der Waals surface area (Å²) in [7, 11) is 0. The van der Waals surface area contributed by atoms with Gasteiger partial charge in [0.05, 0.1) is 5.69 Å². The molecule has 3 rings (SSSR count). The SMILES string of the molecule is CCOCCCNC(=O)c1csc(-c2cc3ccccc3[nH]2)n1. The molecule has 1 amide bonds. The zero-order valence-electron chi connectivity index (χ0n) is 13.0. The molecule has 5 nitrogen and oxygen atoms in total. The lowest BCUT2D eigenvalue weighted by Gasteiger charge is -2.03. The average Bonchev–Trinajstić information content (AvgIpc) is 3.21. The number of rotatable bonds is 7. The van der Waals surface area contributed by atoms with E-state index in [0.29, 0.717) is 25.5 Å². The molecule has 0 fully saturated rings. The Morgan fingerprint density at radius 3 is 3.09 bits per heavy atom. The van der Waals surface area contributed by atoms with Gasteiger partial charge in [-0.25, -0.2) is 4.98 Å². The maximum absolute atomic E-state index is 12.1. The molecule has 2 heterocycles. The van der Waals surface area contributed by atoms with Crippen molar-refractivity contribution in [2.45, 2.75) is 13.3 Å². The van der Waals surface area contributed by atoms with E-state index in [-0.39, 0.29) is 5.91 Å². The van der Waals surface area contributed by atoms with Crippen LogP contribution in [0.3, 0.4) is 0 Å². The van der Waals surface area contributed by atoms with Gasteiger partial charge in [0.25, 0.3) is 5.91 Å². The van der Waals surface area contributed by atoms with Crippen LogP contribution >= 0.6 is 11.3 Å². The molecule has 0 unspecified atom stereocenters. The van der Waals surface area contributed by atoms with Crippen LogP contribution in [0.15, 0.2) is 35.7 Å². The number of carbonyl (C=O) groups excluding carboxylic acids is 1. The van der Waals surface area contributed by atoms with Crippen molar-refractivity contribution in [1.29, 1.82) is 0 Å². The first kappa shape index (κ1) is 15.7. The summed E-state index contributed by atoms with van der Waals surface area (Å²) in [6.45, 7) is 3.92. The lowest BCUT2D eigenvalue weighted by atomic mass is 10.2. The summed E-state index contributed by atoms with van der Waals surface area (Å²) in [5.41, 5.74) is 2.46. The number of para-hydroxylation sites is 1. The molecule has 0 saturated carbocycles. The first-order valence-corrected chi connectivity index (χ1v) is 8.55. The van der Waals surface area contributed by atoms with Gasteiger partial charge in [0.1, 0.15) is 10.7 Å². The van der Waals surface area contributed by atoms with E-state index in [0.717, 1.165) is 28.0 Å². The first-order valence-electron chi connectivity index (χ1n) is 7.67. The zero-order chi connectivity index (χ0) is 16.1. The maximum Gasteiger partial charge on any atom is 0.270 e. The molecule has 0 bridgehead atoms. The standard InChI is InChI=1S/C17H19N3O2S/c1-2-22-9-5-8-18-16(21)15-11-23-17(20-15)14-10-12-6-3-4-7-13(12)19-14/h3-4,6-7,10-11,19H,2,5,8-9H2,1H3,(H,18,21). The quantitative estimate of drug-likeness (QED) is 0.652. The normalized spacial score (nSPS) is 11.0. The fourth-order valence-electron chi connectivity index (χ4n) is 2.30. The minimum atomic E-state index is -0.139. The van der Waals surface area contributed by atoms with Crippen molar-refractivity contribution in [3.8, 4) is 10.7 Å². The van der Waals surface area contributed by atoms with Gasteiger partial charge >= 0.3 is 0 Å². The van der Waals surface area contributed by atoms with Crippen LogP contribution in [0.4, 0.5) is 0 Å². The van der Waals surface area contributed by atoms with Gasteiger partial charge in [0.2, 0.25) is 0 Å². The number of hydrogen-bond acceptors (Lipinski definition) is 4. The molecule has 2 aromatic heterocycles. The van der Waals surface area contributed by atoms with Gasteiger partial charge in [-0.1, -0.05) is 18.2 Å². The molecule has 2 N–H and O–H groups in total. The van der Waals surface area contributed by atoms with E-state index in [4.69, 9.17) is 4.74 Å². The number of nitrogens with zero attached hydrogens (tertiary/aromatic N) is 1. The highest BCUT2D eigenvalue weighted by Crippen LogP contribution is 2.26. The summed E-state index contributed by atoms with van der Waals surface area (Å²) in [4.78, 5) is 19.8. The lowest BCUT2D eigenvalue weighted by Crippen LogP contribution is -2.25. The number of hydrogen-bond donors (Lipinski definition) is 2. The van der Waals surface area contributed by atoms with Crippen LogP contribution in [0.2, 0.25) is 0 Å². The summed E-state index contributed by atoms with van der Waals surface area (Å²) in [5, 5.41) is 6.61. The highest BCUT2D eigenvalue weighted by molar-refractivity contribution is 7.13. The van der Waals surface area contributed by atoms with Crippen LogP contribution in [0.1, 0.15) is 23.8 Å². The summed E-state index contributed by atoms with van der Waals surface area (Å²) in [6.07, 6.45) is 0.804. The Kier molecular flexibility index (Phi) is 5.05. The second-order valence-electron chi connectivity index (χ2n) is 5.11. The highest BCUT2D eigenvalue weighted by Gasteiger charge is 2.12. The Labute approximate surface area is 138 Å². The van der Waals surface area contributed by atoms with E-state index in [1.807, 2.05) is 25.1 Å². The molecule has 23 heavy (non-hydrogen) atoms. The molecule has 1 aromatic carbocycles. The predicted octanol–water partition coefficient (Wildman–Crippen LogP) is 3.45. The summed E-state index contributed by atoms with van der Waals surface area (Å²) in [5.74, 6) is -0.139. The van der Waals surface area contributed by atoms with E-state index in [2.05, 4.69) is 27.4 Å². The van der Waals surface area contributed by atoms with Gasteiger partial charge in [-0.15, -0.1) is 11.3 Å². The molecule has 3 aromatic rings. The molecule has 0 radical (unpaired) electrons. The van der Waals surface area contributed by atoms with Gasteiger partial charge in [-0.05, 0) is 25.5 Å². The number of carbonyl (C=O) groups is 1. The smallest absolute Gasteiger partial charge is 0.270 e. The van der Waals surface area contributed by atoms with E-state index in [1.165, 1.54) is 11.3 Å². The van der Waals surface area contributed by atoms with Crippen LogP contribution < -0.4 is 5.32 Å². The number of benzene rings is 1. The Morgan fingerprint density at radius 2 is 2.26 bits per heavy atom. The minimum Gasteiger partial charge on any atom is -0.382 e.